The molecular weight excluding hydrogens is 811 g/mol. The molecule has 1 aromatic rings. The molecule has 55 heavy (non-hydrogen) atoms. The van der Waals surface area contributed by atoms with E-state index in [1.807, 2.05) is 11.8 Å². The molecule has 1 aromatic heterocycles. The third kappa shape index (κ3) is 16.5. The van der Waals surface area contributed by atoms with E-state index in [9.17, 15) is 42.7 Å². The van der Waals surface area contributed by atoms with Crippen molar-refractivity contribution in [2.75, 3.05) is 32.0 Å². The van der Waals surface area contributed by atoms with Gasteiger partial charge in [-0.1, -0.05) is 12.8 Å². The lowest BCUT2D eigenvalue weighted by atomic mass is 10.0. The predicted octanol–water partition coefficient (Wildman–Crippen LogP) is 1.93. The van der Waals surface area contributed by atoms with Crippen LogP contribution in [0.5, 0.6) is 0 Å². The van der Waals surface area contributed by atoms with Gasteiger partial charge < -0.3 is 55.5 Å². The van der Waals surface area contributed by atoms with Crippen LogP contribution in [0, 0.1) is 0 Å². The lowest BCUT2D eigenvalue weighted by Crippen LogP contribution is -2.36. The minimum Gasteiger partial charge on any atom is -0.356 e. The lowest BCUT2D eigenvalue weighted by Gasteiger charge is -2.18. The minimum atomic E-state index is -5.62. The summed E-state index contributed by atoms with van der Waals surface area (Å²) in [5.41, 5.74) is 0.125. The third-order valence-electron chi connectivity index (χ3n) is 8.79. The Morgan fingerprint density at radius 1 is 0.873 bits per heavy atom. The molecule has 0 radical (unpaired) electrons. The topological polar surface area (TPSA) is 315 Å². The number of phosphoric ester groups is 1. The molecule has 0 bridgehead atoms. The number of amides is 5. The maximum Gasteiger partial charge on any atom is 0.490 e. The minimum absolute atomic E-state index is 0.0337. The van der Waals surface area contributed by atoms with Gasteiger partial charge >= 0.3 is 29.5 Å². The van der Waals surface area contributed by atoms with E-state index >= 15 is 0 Å². The number of hydrogen-bond donors (Lipinski definition) is 9. The number of imidazole rings is 1. The van der Waals surface area contributed by atoms with Gasteiger partial charge in [0.25, 0.3) is 5.91 Å². The molecule has 312 valence electrons. The summed E-state index contributed by atoms with van der Waals surface area (Å²) in [6.45, 7) is 0.824. The molecule has 4 rings (SSSR count). The van der Waals surface area contributed by atoms with Crippen molar-refractivity contribution in [3.8, 4) is 0 Å². The molecular formula is C29H50N7O15P3S. The number of nitrogens with zero attached hydrogens (tertiary/aromatic N) is 2. The van der Waals surface area contributed by atoms with Crippen molar-refractivity contribution in [2.45, 2.75) is 107 Å². The number of thioether (sulfide) groups is 1. The SMILES string of the molecule is O=C(CCCCCNC(=O)CCCCC1SC[C@H]2NC(=O)N[C@@H]12)NCCCCNC(=O)c1cn(C2CCC(COP(=O)(O)OP(=O)(O)OP(=O)(O)O)O2)cn1. The van der Waals surface area contributed by atoms with Crippen LogP contribution in [-0.2, 0) is 41.2 Å². The van der Waals surface area contributed by atoms with Crippen LogP contribution in [0.4, 0.5) is 4.79 Å². The van der Waals surface area contributed by atoms with Crippen LogP contribution < -0.4 is 26.6 Å². The average molecular weight is 862 g/mol. The highest BCUT2D eigenvalue weighted by molar-refractivity contribution is 8.00. The molecule has 0 spiro atoms. The first-order valence-electron chi connectivity index (χ1n) is 18.0. The summed E-state index contributed by atoms with van der Waals surface area (Å²) in [4.78, 5) is 88.4. The van der Waals surface area contributed by atoms with Gasteiger partial charge in [-0.25, -0.2) is 23.5 Å². The average Bonchev–Trinajstić information content (AvgIpc) is 3.89. The van der Waals surface area contributed by atoms with Gasteiger partial charge in [-0.05, 0) is 51.4 Å². The third-order valence-corrected chi connectivity index (χ3v) is 14.1. The summed E-state index contributed by atoms with van der Waals surface area (Å²) in [5, 5.41) is 14.9. The first-order chi connectivity index (χ1) is 26.0. The Morgan fingerprint density at radius 3 is 2.22 bits per heavy atom. The number of unbranched alkanes of at least 4 members (excludes halogenated alkanes) is 4. The Balaban J connectivity index is 0.960. The highest BCUT2D eigenvalue weighted by Crippen LogP contribution is 2.66. The van der Waals surface area contributed by atoms with Gasteiger partial charge in [0, 0.05) is 49.7 Å². The molecule has 22 nitrogen and oxygen atoms in total. The van der Waals surface area contributed by atoms with E-state index < -0.39 is 48.3 Å². The number of fused-ring (bicyclic) bond motifs is 1. The van der Waals surface area contributed by atoms with Crippen LogP contribution in [0.15, 0.2) is 12.5 Å². The molecule has 5 unspecified atom stereocenters. The second-order valence-electron chi connectivity index (χ2n) is 13.2. The van der Waals surface area contributed by atoms with Crippen LogP contribution >= 0.6 is 35.2 Å². The highest BCUT2D eigenvalue weighted by atomic mass is 32.2. The van der Waals surface area contributed by atoms with Gasteiger partial charge in [-0.15, -0.1) is 0 Å². The number of nitrogens with one attached hydrogen (secondary N) is 5. The lowest BCUT2D eigenvalue weighted by molar-refractivity contribution is -0.122. The summed E-state index contributed by atoms with van der Waals surface area (Å²) in [5.74, 6) is 0.490. The van der Waals surface area contributed by atoms with Crippen molar-refractivity contribution in [1.82, 2.24) is 36.1 Å². The maximum absolute atomic E-state index is 12.5. The number of aromatic nitrogens is 2. The van der Waals surface area contributed by atoms with Gasteiger partial charge in [0.1, 0.15) is 11.9 Å². The zero-order chi connectivity index (χ0) is 40.1. The second-order valence-corrected chi connectivity index (χ2v) is 18.9. The number of urea groups is 1. The molecule has 3 aliphatic heterocycles. The molecule has 0 aromatic carbocycles. The first kappa shape index (κ1) is 45.3. The molecule has 0 saturated carbocycles. The Labute approximate surface area is 321 Å². The van der Waals surface area contributed by atoms with E-state index in [0.717, 1.165) is 37.9 Å². The summed E-state index contributed by atoms with van der Waals surface area (Å²) in [6.07, 6.45) is 9.38. The Morgan fingerprint density at radius 2 is 1.53 bits per heavy atom. The highest BCUT2D eigenvalue weighted by Gasteiger charge is 2.43. The molecule has 0 aliphatic carbocycles. The van der Waals surface area contributed by atoms with E-state index in [2.05, 4.69) is 44.7 Å². The molecule has 9 N–H and O–H groups in total. The van der Waals surface area contributed by atoms with Crippen molar-refractivity contribution in [3.63, 3.8) is 0 Å². The second kappa shape index (κ2) is 21.4. The number of phosphoric acid groups is 3. The number of rotatable bonds is 25. The standard InChI is InChI=1S/C29H50N7O15P3S/c37-24(9-2-1-5-13-30-25(38)10-4-3-8-23-27-22(18-55-23)34-29(40)35-27)31-14-6-7-15-32-28(39)21-16-36(19-33-21)26-12-11-20(49-26)17-48-53(44,45)51-54(46,47)50-52(41,42)43/h16,19-20,22-23,26-27H,1-15,17-18H2,(H,30,38)(H,31,37)(H,32,39)(H,44,45)(H,46,47)(H2,34,35,40)(H2,41,42,43)/t20?,22-,23?,26?,27-/m1/s1. The van der Waals surface area contributed by atoms with Crippen molar-refractivity contribution in [1.29, 1.82) is 0 Å². The van der Waals surface area contributed by atoms with E-state index in [1.54, 1.807) is 0 Å². The van der Waals surface area contributed by atoms with Gasteiger partial charge in [0.15, 0.2) is 0 Å². The summed E-state index contributed by atoms with van der Waals surface area (Å²) < 4.78 is 53.3. The fourth-order valence-electron chi connectivity index (χ4n) is 6.16. The van der Waals surface area contributed by atoms with Gasteiger partial charge in [-0.2, -0.15) is 20.4 Å². The maximum atomic E-state index is 12.5. The van der Waals surface area contributed by atoms with Crippen molar-refractivity contribution in [2.24, 2.45) is 0 Å². The van der Waals surface area contributed by atoms with Crippen molar-refractivity contribution < 1.29 is 70.3 Å². The molecule has 3 aliphatic rings. The van der Waals surface area contributed by atoms with Crippen molar-refractivity contribution >= 4 is 59.0 Å². The zero-order valence-electron chi connectivity index (χ0n) is 30.0. The molecule has 26 heteroatoms. The van der Waals surface area contributed by atoms with Crippen LogP contribution in [0.25, 0.3) is 0 Å². The number of hydrogen-bond acceptors (Lipinski definition) is 13. The van der Waals surface area contributed by atoms with Crippen LogP contribution in [0.1, 0.15) is 93.8 Å². The quantitative estimate of drug-likeness (QED) is 0.0385. The summed E-state index contributed by atoms with van der Waals surface area (Å²) >= 11 is 1.87. The Kier molecular flexibility index (Phi) is 17.6. The normalized spacial score (nSPS) is 24.3. The van der Waals surface area contributed by atoms with Gasteiger partial charge in [-0.3, -0.25) is 18.9 Å². The number of ether oxygens (including phenoxy) is 1. The van der Waals surface area contributed by atoms with E-state index in [0.29, 0.717) is 69.8 Å². The molecule has 7 atom stereocenters. The van der Waals surface area contributed by atoms with Crippen molar-refractivity contribution in [3.05, 3.63) is 18.2 Å². The monoisotopic (exact) mass is 861 g/mol. The van der Waals surface area contributed by atoms with Gasteiger partial charge in [0.05, 0.1) is 31.1 Å². The van der Waals surface area contributed by atoms with E-state index in [-0.39, 0.29) is 35.6 Å². The smallest absolute Gasteiger partial charge is 0.356 e. The number of carbonyl (C=O) groups excluding carboxylic acids is 4. The number of carbonyl (C=O) groups is 4. The van der Waals surface area contributed by atoms with E-state index in [1.165, 1.54) is 17.1 Å². The summed E-state index contributed by atoms with van der Waals surface area (Å²) in [7, 11) is -16.4. The fourth-order valence-corrected chi connectivity index (χ4v) is 10.7. The van der Waals surface area contributed by atoms with Crippen LogP contribution in [-0.4, -0.2) is 108 Å². The summed E-state index contributed by atoms with van der Waals surface area (Å²) in [6, 6.07) is 0.311. The Hall–Kier alpha value is -2.39. The fraction of sp³-hybridized carbons (Fsp3) is 0.759. The zero-order valence-corrected chi connectivity index (χ0v) is 33.5. The largest absolute Gasteiger partial charge is 0.490 e. The molecule has 3 fully saturated rings. The van der Waals surface area contributed by atoms with E-state index in [4.69, 9.17) is 14.5 Å². The Bertz CT molecular complexity index is 1620. The molecule has 5 amide bonds. The molecule has 4 heterocycles. The predicted molar refractivity (Wildman–Crippen MR) is 195 cm³/mol. The first-order valence-corrected chi connectivity index (χ1v) is 23.5. The van der Waals surface area contributed by atoms with Gasteiger partial charge in [0.2, 0.25) is 11.8 Å². The van der Waals surface area contributed by atoms with Crippen LogP contribution in [0.2, 0.25) is 0 Å². The van der Waals surface area contributed by atoms with Crippen LogP contribution in [0.3, 0.4) is 0 Å². The molecule has 3 saturated heterocycles.